The van der Waals surface area contributed by atoms with Gasteiger partial charge in [-0.2, -0.15) is 0 Å². The smallest absolute Gasteiger partial charge is 0.320 e. The maximum atomic E-state index is 10.1. The number of rotatable bonds is 4. The lowest BCUT2D eigenvalue weighted by Crippen LogP contribution is -2.32. The summed E-state index contributed by atoms with van der Waals surface area (Å²) in [6, 6.07) is -0.845. The summed E-state index contributed by atoms with van der Waals surface area (Å²) in [6.45, 7) is 1.74. The van der Waals surface area contributed by atoms with Crippen molar-refractivity contribution in [2.24, 2.45) is 11.7 Å². The fourth-order valence-corrected chi connectivity index (χ4v) is 0.609. The summed E-state index contributed by atoms with van der Waals surface area (Å²) in [5.74, 6) is -1.05. The highest BCUT2D eigenvalue weighted by Gasteiger charge is 2.14. The summed E-state index contributed by atoms with van der Waals surface area (Å²) in [5.41, 5.74) is 5.18. The fraction of sp³-hybridized carbons (Fsp3) is 0.833. The van der Waals surface area contributed by atoms with Crippen LogP contribution in [0.25, 0.3) is 0 Å². The minimum absolute atomic E-state index is 0.0129. The van der Waals surface area contributed by atoms with Gasteiger partial charge >= 0.3 is 5.97 Å². The number of hydrogen-bond donors (Lipinski definition) is 3. The normalized spacial score (nSPS) is 16.3. The summed E-state index contributed by atoms with van der Waals surface area (Å²) in [5, 5.41) is 16.8. The Hall–Kier alpha value is -0.610. The first-order valence-corrected chi connectivity index (χ1v) is 3.17. The molecule has 0 aromatic carbocycles. The van der Waals surface area contributed by atoms with E-state index in [9.17, 15) is 4.79 Å². The van der Waals surface area contributed by atoms with E-state index < -0.39 is 12.0 Å². The zero-order chi connectivity index (χ0) is 8.15. The zero-order valence-corrected chi connectivity index (χ0v) is 5.95. The molecule has 0 bridgehead atoms. The second-order valence-corrected chi connectivity index (χ2v) is 2.47. The highest BCUT2D eigenvalue weighted by molar-refractivity contribution is 5.72. The van der Waals surface area contributed by atoms with Gasteiger partial charge in [-0.3, -0.25) is 4.79 Å². The standard InChI is InChI=1S/C6H13NO3/c1-4(3-8)2-5(7)6(9)10/h4-5,8H,2-3,7H2,1H3,(H,9,10)/t4?,5-/m0/s1. The summed E-state index contributed by atoms with van der Waals surface area (Å²) >= 11 is 0. The number of aliphatic hydroxyl groups is 1. The molecule has 2 atom stereocenters. The molecule has 0 saturated heterocycles. The van der Waals surface area contributed by atoms with Gasteiger partial charge in [0.15, 0.2) is 0 Å². The first-order chi connectivity index (χ1) is 4.57. The second-order valence-electron chi connectivity index (χ2n) is 2.47. The van der Waals surface area contributed by atoms with Crippen molar-refractivity contribution in [2.45, 2.75) is 19.4 Å². The van der Waals surface area contributed by atoms with Gasteiger partial charge in [-0.15, -0.1) is 0 Å². The van der Waals surface area contributed by atoms with Crippen LogP contribution < -0.4 is 5.73 Å². The lowest BCUT2D eigenvalue weighted by Gasteiger charge is -2.10. The van der Waals surface area contributed by atoms with E-state index in [2.05, 4.69) is 0 Å². The summed E-state index contributed by atoms with van der Waals surface area (Å²) in [6.07, 6.45) is 0.325. The SMILES string of the molecule is CC(CO)C[C@H](N)C(=O)O. The summed E-state index contributed by atoms with van der Waals surface area (Å²) in [7, 11) is 0. The summed E-state index contributed by atoms with van der Waals surface area (Å²) in [4.78, 5) is 10.1. The van der Waals surface area contributed by atoms with Crippen LogP contribution in [0.1, 0.15) is 13.3 Å². The molecule has 1 unspecified atom stereocenters. The lowest BCUT2D eigenvalue weighted by molar-refractivity contribution is -0.139. The highest BCUT2D eigenvalue weighted by atomic mass is 16.4. The first-order valence-electron chi connectivity index (χ1n) is 3.17. The average Bonchev–Trinajstić information content (AvgIpc) is 1.87. The van der Waals surface area contributed by atoms with E-state index in [-0.39, 0.29) is 12.5 Å². The number of nitrogens with two attached hydrogens (primary N) is 1. The third-order valence-corrected chi connectivity index (χ3v) is 1.29. The van der Waals surface area contributed by atoms with Gasteiger partial charge in [0, 0.05) is 6.61 Å². The fourth-order valence-electron chi connectivity index (χ4n) is 0.609. The third-order valence-electron chi connectivity index (χ3n) is 1.29. The number of carbonyl (C=O) groups is 1. The molecule has 10 heavy (non-hydrogen) atoms. The Bertz CT molecular complexity index is 116. The quantitative estimate of drug-likeness (QED) is 0.496. The van der Waals surface area contributed by atoms with Crippen LogP contribution in [0.3, 0.4) is 0 Å². The minimum Gasteiger partial charge on any atom is -0.480 e. The molecule has 4 nitrogen and oxygen atoms in total. The molecular formula is C6H13NO3. The van der Waals surface area contributed by atoms with Crippen LogP contribution in [0.2, 0.25) is 0 Å². The molecule has 0 spiro atoms. The topological polar surface area (TPSA) is 83.5 Å². The Morgan fingerprint density at radius 1 is 1.70 bits per heavy atom. The summed E-state index contributed by atoms with van der Waals surface area (Å²) < 4.78 is 0. The van der Waals surface area contributed by atoms with Gasteiger partial charge in [0.1, 0.15) is 6.04 Å². The van der Waals surface area contributed by atoms with Crippen LogP contribution in [-0.2, 0) is 4.79 Å². The molecule has 4 N–H and O–H groups in total. The molecule has 0 amide bonds. The number of carboxylic acid groups (broad SMARTS) is 1. The molecule has 0 aromatic rings. The maximum absolute atomic E-state index is 10.1. The van der Waals surface area contributed by atoms with Gasteiger partial charge < -0.3 is 15.9 Å². The van der Waals surface area contributed by atoms with Crippen molar-refractivity contribution in [3.05, 3.63) is 0 Å². The molecule has 4 heteroatoms. The molecule has 0 heterocycles. The van der Waals surface area contributed by atoms with Crippen molar-refractivity contribution in [3.63, 3.8) is 0 Å². The van der Waals surface area contributed by atoms with Crippen LogP contribution in [-0.4, -0.2) is 28.8 Å². The molecule has 0 rings (SSSR count). The van der Waals surface area contributed by atoms with Gasteiger partial charge in [0.2, 0.25) is 0 Å². The molecule has 0 fully saturated rings. The highest BCUT2D eigenvalue weighted by Crippen LogP contribution is 2.02. The first kappa shape index (κ1) is 9.39. The van der Waals surface area contributed by atoms with E-state index >= 15 is 0 Å². The van der Waals surface area contributed by atoms with Gasteiger partial charge in [0.05, 0.1) is 0 Å². The largest absolute Gasteiger partial charge is 0.480 e. The van der Waals surface area contributed by atoms with E-state index in [4.69, 9.17) is 15.9 Å². The molecule has 0 aliphatic carbocycles. The molecular weight excluding hydrogens is 134 g/mol. The van der Waals surface area contributed by atoms with E-state index in [0.29, 0.717) is 6.42 Å². The Kier molecular flexibility index (Phi) is 3.99. The predicted molar refractivity (Wildman–Crippen MR) is 36.5 cm³/mol. The van der Waals surface area contributed by atoms with Crippen molar-refractivity contribution in [3.8, 4) is 0 Å². The average molecular weight is 147 g/mol. The number of aliphatic hydroxyl groups excluding tert-OH is 1. The van der Waals surface area contributed by atoms with Crippen LogP contribution >= 0.6 is 0 Å². The Balaban J connectivity index is 3.56. The van der Waals surface area contributed by atoms with Crippen molar-refractivity contribution < 1.29 is 15.0 Å². The zero-order valence-electron chi connectivity index (χ0n) is 5.95. The minimum atomic E-state index is -1.01. The van der Waals surface area contributed by atoms with Crippen molar-refractivity contribution in [2.75, 3.05) is 6.61 Å². The second kappa shape index (κ2) is 4.24. The maximum Gasteiger partial charge on any atom is 0.320 e. The molecule has 0 saturated carbocycles. The molecule has 60 valence electrons. The molecule has 0 aliphatic rings. The lowest BCUT2D eigenvalue weighted by atomic mass is 10.0. The van der Waals surface area contributed by atoms with Crippen molar-refractivity contribution >= 4 is 5.97 Å². The Morgan fingerprint density at radius 3 is 2.50 bits per heavy atom. The van der Waals surface area contributed by atoms with Crippen LogP contribution in [0.15, 0.2) is 0 Å². The van der Waals surface area contributed by atoms with Crippen molar-refractivity contribution in [1.82, 2.24) is 0 Å². The molecule has 0 aliphatic heterocycles. The van der Waals surface area contributed by atoms with E-state index in [1.165, 1.54) is 0 Å². The Labute approximate surface area is 59.7 Å². The number of aliphatic carboxylic acids is 1. The third kappa shape index (κ3) is 3.42. The Morgan fingerprint density at radius 2 is 2.20 bits per heavy atom. The van der Waals surface area contributed by atoms with Crippen LogP contribution in [0, 0.1) is 5.92 Å². The molecule has 0 radical (unpaired) electrons. The van der Waals surface area contributed by atoms with Gasteiger partial charge in [-0.25, -0.2) is 0 Å². The van der Waals surface area contributed by atoms with Gasteiger partial charge in [-0.1, -0.05) is 6.92 Å². The monoisotopic (exact) mass is 147 g/mol. The predicted octanol–water partition coefficient (Wildman–Crippen LogP) is -0.583. The van der Waals surface area contributed by atoms with E-state index in [0.717, 1.165) is 0 Å². The van der Waals surface area contributed by atoms with Crippen LogP contribution in [0.4, 0.5) is 0 Å². The molecule has 0 aromatic heterocycles. The van der Waals surface area contributed by atoms with E-state index in [1.54, 1.807) is 6.92 Å². The number of carboxylic acids is 1. The van der Waals surface area contributed by atoms with Gasteiger partial charge in [0.25, 0.3) is 0 Å². The van der Waals surface area contributed by atoms with E-state index in [1.807, 2.05) is 0 Å². The number of hydrogen-bond acceptors (Lipinski definition) is 3. The van der Waals surface area contributed by atoms with Crippen molar-refractivity contribution in [1.29, 1.82) is 0 Å². The van der Waals surface area contributed by atoms with Crippen LogP contribution in [0.5, 0.6) is 0 Å². The van der Waals surface area contributed by atoms with Gasteiger partial charge in [-0.05, 0) is 12.3 Å².